The molecule has 2 atom stereocenters. The summed E-state index contributed by atoms with van der Waals surface area (Å²) in [5.74, 6) is 1.39. The number of ether oxygens (including phenoxy) is 4. The Hall–Kier alpha value is -4.34. The summed E-state index contributed by atoms with van der Waals surface area (Å²) in [6.45, 7) is 9.93. The molecule has 0 spiro atoms. The van der Waals surface area contributed by atoms with Crippen LogP contribution in [-0.2, 0) is 30.9 Å². The lowest BCUT2D eigenvalue weighted by atomic mass is 9.80. The van der Waals surface area contributed by atoms with Crippen LogP contribution >= 0.6 is 8.53 Å². The maximum atomic E-state index is 12.7. The molecule has 0 aliphatic carbocycles. The fraction of sp³-hybridized carbons (Fsp3) is 0.410. The summed E-state index contributed by atoms with van der Waals surface area (Å²) in [5, 5.41) is 9.20. The van der Waals surface area contributed by atoms with Crippen LogP contribution in [0.4, 0.5) is 0 Å². The van der Waals surface area contributed by atoms with Crippen LogP contribution in [0.2, 0.25) is 0 Å². The average molecular weight is 733 g/mol. The lowest BCUT2D eigenvalue weighted by Crippen LogP contribution is -2.39. The van der Waals surface area contributed by atoms with E-state index < -0.39 is 31.5 Å². The first-order valence-corrected chi connectivity index (χ1v) is 18.3. The smallest absolute Gasteiger partial charge is 0.330 e. The number of H-pyrrole nitrogens is 1. The Morgan fingerprint density at radius 1 is 0.827 bits per heavy atom. The Morgan fingerprint density at radius 2 is 1.38 bits per heavy atom. The van der Waals surface area contributed by atoms with E-state index in [0.29, 0.717) is 17.1 Å². The normalized spacial score (nSPS) is 12.9. The van der Waals surface area contributed by atoms with Crippen molar-refractivity contribution in [2.24, 2.45) is 0 Å². The Balaban J connectivity index is 1.78. The molecule has 0 aliphatic rings. The van der Waals surface area contributed by atoms with Crippen LogP contribution in [-0.4, -0.2) is 66.4 Å². The number of benzene rings is 3. The molecule has 13 heteroatoms. The molecular weight excluding hydrogens is 683 g/mol. The molecule has 0 amide bonds. The van der Waals surface area contributed by atoms with Gasteiger partial charge in [0.15, 0.2) is 0 Å². The number of rotatable bonds is 20. The maximum absolute atomic E-state index is 12.7. The van der Waals surface area contributed by atoms with Gasteiger partial charge in [-0.15, -0.1) is 0 Å². The second-order valence-electron chi connectivity index (χ2n) is 12.6. The van der Waals surface area contributed by atoms with Gasteiger partial charge < -0.3 is 28.0 Å². The summed E-state index contributed by atoms with van der Waals surface area (Å²) in [5.41, 5.74) is 0.717. The molecule has 0 aliphatic heterocycles. The van der Waals surface area contributed by atoms with Gasteiger partial charge in [-0.25, -0.2) is 9.46 Å². The highest BCUT2D eigenvalue weighted by molar-refractivity contribution is 7.44. The largest absolute Gasteiger partial charge is 0.497 e. The van der Waals surface area contributed by atoms with Gasteiger partial charge in [0.25, 0.3) is 14.1 Å². The lowest BCUT2D eigenvalue weighted by Gasteiger charge is -2.38. The molecule has 1 aromatic heterocycles. The van der Waals surface area contributed by atoms with Gasteiger partial charge in [-0.3, -0.25) is 14.3 Å². The summed E-state index contributed by atoms with van der Waals surface area (Å²) in [7, 11) is 1.63. The highest BCUT2D eigenvalue weighted by Crippen LogP contribution is 2.47. The molecule has 1 heterocycles. The van der Waals surface area contributed by atoms with Gasteiger partial charge in [-0.2, -0.15) is 5.26 Å². The highest BCUT2D eigenvalue weighted by Gasteiger charge is 2.39. The van der Waals surface area contributed by atoms with Crippen molar-refractivity contribution in [3.63, 3.8) is 0 Å². The fourth-order valence-corrected chi connectivity index (χ4v) is 7.43. The molecule has 4 rings (SSSR count). The average Bonchev–Trinajstić information content (AvgIpc) is 3.14. The first-order chi connectivity index (χ1) is 25.0. The molecule has 0 saturated carbocycles. The van der Waals surface area contributed by atoms with Crippen LogP contribution in [0, 0.1) is 18.3 Å². The van der Waals surface area contributed by atoms with Crippen LogP contribution in [0.3, 0.4) is 0 Å². The minimum Gasteiger partial charge on any atom is -0.497 e. The molecule has 278 valence electrons. The Bertz CT molecular complexity index is 1780. The zero-order valence-corrected chi connectivity index (χ0v) is 31.8. The van der Waals surface area contributed by atoms with E-state index >= 15 is 0 Å². The standard InChI is InChI=1S/C39H49N4O8P/c1-28(2)43(29(3)4)52(50-23-11-22-40)51-26-36(48-27-42-24-30(5)37(44)41-38(42)45)25-49-39(31-12-9-8-10-13-31,32-14-18-34(46-6)19-15-32)33-16-20-35(47-7)21-17-33/h8-10,12-21,24,28-29,36H,11,23,25-27H2,1-7H3,(H,41,44,45)/t36-,52?/m1/s1. The fourth-order valence-electron chi connectivity index (χ4n) is 5.80. The van der Waals surface area contributed by atoms with Crippen molar-refractivity contribution in [2.45, 2.75) is 71.6 Å². The molecule has 0 radical (unpaired) electrons. The minimum absolute atomic E-state index is 0.00870. The third kappa shape index (κ3) is 10.2. The second kappa shape index (κ2) is 19.5. The maximum Gasteiger partial charge on any atom is 0.330 e. The van der Waals surface area contributed by atoms with Crippen molar-refractivity contribution in [2.75, 3.05) is 34.0 Å². The Kier molecular flexibility index (Phi) is 15.1. The molecule has 12 nitrogen and oxygen atoms in total. The van der Waals surface area contributed by atoms with E-state index in [1.165, 1.54) is 10.8 Å². The predicted molar refractivity (Wildman–Crippen MR) is 200 cm³/mol. The number of nitrogens with one attached hydrogen (secondary N) is 1. The molecule has 52 heavy (non-hydrogen) atoms. The summed E-state index contributed by atoms with van der Waals surface area (Å²) in [6, 6.07) is 27.6. The first-order valence-electron chi connectivity index (χ1n) is 17.2. The van der Waals surface area contributed by atoms with Gasteiger partial charge in [0.05, 0.1) is 46.5 Å². The highest BCUT2D eigenvalue weighted by atomic mass is 31.2. The Morgan fingerprint density at radius 3 is 1.90 bits per heavy atom. The van der Waals surface area contributed by atoms with Crippen molar-refractivity contribution in [1.82, 2.24) is 14.2 Å². The number of methoxy groups -OCH3 is 2. The number of hydrogen-bond donors (Lipinski definition) is 1. The van der Waals surface area contributed by atoms with E-state index in [-0.39, 0.29) is 45.1 Å². The number of aryl methyl sites for hydroxylation is 1. The number of nitrogens with zero attached hydrogens (tertiary/aromatic N) is 3. The van der Waals surface area contributed by atoms with Crippen molar-refractivity contribution >= 4 is 8.53 Å². The van der Waals surface area contributed by atoms with Crippen molar-refractivity contribution < 1.29 is 28.0 Å². The van der Waals surface area contributed by atoms with Crippen LogP contribution in [0.1, 0.15) is 56.4 Å². The van der Waals surface area contributed by atoms with E-state index in [0.717, 1.165) is 16.7 Å². The third-order valence-corrected chi connectivity index (χ3v) is 10.4. The summed E-state index contributed by atoms with van der Waals surface area (Å²) < 4.78 is 40.6. The van der Waals surface area contributed by atoms with Gasteiger partial charge in [-0.1, -0.05) is 54.6 Å². The van der Waals surface area contributed by atoms with E-state index in [1.807, 2.05) is 78.9 Å². The van der Waals surface area contributed by atoms with E-state index in [1.54, 1.807) is 21.1 Å². The minimum atomic E-state index is -1.61. The zero-order valence-electron chi connectivity index (χ0n) is 30.9. The van der Waals surface area contributed by atoms with Gasteiger partial charge in [0.1, 0.15) is 29.9 Å². The molecular formula is C39H49N4O8P. The molecule has 1 unspecified atom stereocenters. The second-order valence-corrected chi connectivity index (χ2v) is 14.1. The van der Waals surface area contributed by atoms with Crippen molar-refractivity contribution in [1.29, 1.82) is 5.26 Å². The van der Waals surface area contributed by atoms with E-state index in [4.69, 9.17) is 28.0 Å². The van der Waals surface area contributed by atoms with E-state index in [9.17, 15) is 14.9 Å². The third-order valence-electron chi connectivity index (χ3n) is 8.33. The Labute approximate surface area is 306 Å². The SMILES string of the molecule is COc1ccc(C(OC[C@H](COP(OCCC#N)N(C(C)C)C(C)C)OCn2cc(C)c(=O)[nH]c2=O)(c2ccccc2)c2ccc(OC)cc2)cc1. The van der Waals surface area contributed by atoms with Gasteiger partial charge in [0, 0.05) is 23.8 Å². The molecule has 0 saturated heterocycles. The van der Waals surface area contributed by atoms with Gasteiger partial charge in [-0.05, 0) is 75.6 Å². The quantitative estimate of drug-likeness (QED) is 0.0609. The number of aromatic amines is 1. The first kappa shape index (κ1) is 40.4. The van der Waals surface area contributed by atoms with Crippen LogP contribution in [0.15, 0.2) is 94.6 Å². The molecule has 3 aromatic carbocycles. The van der Waals surface area contributed by atoms with E-state index in [2.05, 4.69) is 43.4 Å². The number of hydrogen-bond acceptors (Lipinski definition) is 10. The van der Waals surface area contributed by atoms with Crippen molar-refractivity contribution in [3.8, 4) is 17.6 Å². The van der Waals surface area contributed by atoms with Crippen molar-refractivity contribution in [3.05, 3.63) is 128 Å². The molecule has 0 bridgehead atoms. The number of nitriles is 1. The van der Waals surface area contributed by atoms with Gasteiger partial charge >= 0.3 is 5.69 Å². The van der Waals surface area contributed by atoms with Crippen LogP contribution < -0.4 is 20.7 Å². The monoisotopic (exact) mass is 732 g/mol. The summed E-state index contributed by atoms with van der Waals surface area (Å²) in [6.07, 6.45) is 0.942. The molecule has 0 fully saturated rings. The molecule has 4 aromatic rings. The van der Waals surface area contributed by atoms with Crippen LogP contribution in [0.5, 0.6) is 11.5 Å². The van der Waals surface area contributed by atoms with Gasteiger partial charge in [0.2, 0.25) is 0 Å². The topological polar surface area (TPSA) is 137 Å². The zero-order chi connectivity index (χ0) is 37.7. The summed E-state index contributed by atoms with van der Waals surface area (Å²) in [4.78, 5) is 27.1. The molecule has 1 N–H and O–H groups in total. The summed E-state index contributed by atoms with van der Waals surface area (Å²) >= 11 is 0. The number of aromatic nitrogens is 2. The predicted octanol–water partition coefficient (Wildman–Crippen LogP) is 6.51. The van der Waals surface area contributed by atoms with Crippen LogP contribution in [0.25, 0.3) is 0 Å². The lowest BCUT2D eigenvalue weighted by molar-refractivity contribution is -0.0962.